The first-order chi connectivity index (χ1) is 11.2. The zero-order valence-electron chi connectivity index (χ0n) is 17.6. The van der Waals surface area contributed by atoms with Gasteiger partial charge >= 0.3 is 37.4 Å². The van der Waals surface area contributed by atoms with Crippen molar-refractivity contribution in [2.75, 3.05) is 6.61 Å². The molecule has 0 atom stereocenters. The Morgan fingerprint density at radius 3 is 1.36 bits per heavy atom. The van der Waals surface area contributed by atoms with Crippen molar-refractivity contribution in [1.82, 2.24) is 0 Å². The van der Waals surface area contributed by atoms with Crippen molar-refractivity contribution < 1.29 is 59.9 Å². The van der Waals surface area contributed by atoms with E-state index in [9.17, 15) is 4.57 Å². The van der Waals surface area contributed by atoms with E-state index in [0.717, 1.165) is 12.8 Å². The molecule has 2 N–H and O–H groups in total. The minimum atomic E-state index is -4.16. The first-order valence-corrected chi connectivity index (χ1v) is 10.6. The molecule has 0 saturated heterocycles. The average Bonchev–Trinajstić information content (AvgIpc) is 2.58. The van der Waals surface area contributed by atoms with Crippen molar-refractivity contribution in [2.24, 2.45) is 0 Å². The van der Waals surface area contributed by atoms with Gasteiger partial charge in [0.05, 0.1) is 6.61 Å². The van der Waals surface area contributed by atoms with E-state index in [1.165, 1.54) is 70.6 Å². The van der Waals surface area contributed by atoms with Gasteiger partial charge in [0.15, 0.2) is 0 Å². The SMILES string of the molecule is CCCCCCCCCCCCCCCCOP(=O)(OO)OO.[H-].[Na+].[Na]. The fourth-order valence-corrected chi connectivity index (χ4v) is 3.01. The molecule has 0 aliphatic carbocycles. The molecule has 0 bridgehead atoms. The fraction of sp³-hybridized carbons (Fsp3) is 1.00. The zero-order chi connectivity index (χ0) is 17.2. The molecular weight excluding hydrogens is 365 g/mol. The van der Waals surface area contributed by atoms with E-state index >= 15 is 0 Å². The standard InChI is InChI=1S/C16H35O6P.2Na.H/c1-2-3-4-5-6-7-8-9-10-11-12-13-14-15-16-20-23(19,21-17)22-18;;;/h17-18H,2-16H2,1H3;;;/q;;+1;-1. The van der Waals surface area contributed by atoms with Gasteiger partial charge in [-0.15, -0.1) is 9.35 Å². The third-order valence-electron chi connectivity index (χ3n) is 3.95. The van der Waals surface area contributed by atoms with Crippen LogP contribution < -0.4 is 29.6 Å². The van der Waals surface area contributed by atoms with E-state index in [-0.39, 0.29) is 67.1 Å². The zero-order valence-corrected chi connectivity index (χ0v) is 21.5. The van der Waals surface area contributed by atoms with Crippen LogP contribution in [-0.2, 0) is 18.4 Å². The van der Waals surface area contributed by atoms with Crippen LogP contribution in [0.2, 0.25) is 0 Å². The molecule has 143 valence electrons. The molecule has 0 rings (SSSR count). The molecule has 0 amide bonds. The van der Waals surface area contributed by atoms with Crippen molar-refractivity contribution in [3.05, 3.63) is 0 Å². The molecule has 0 fully saturated rings. The van der Waals surface area contributed by atoms with Crippen LogP contribution in [0.1, 0.15) is 98.2 Å². The third kappa shape index (κ3) is 22.2. The molecule has 0 saturated carbocycles. The Labute approximate surface area is 199 Å². The Balaban J connectivity index is -0.000000807. The van der Waals surface area contributed by atoms with Crippen LogP contribution in [0.4, 0.5) is 0 Å². The molecule has 0 aliphatic rings. The molecule has 0 aliphatic heterocycles. The largest absolute Gasteiger partial charge is 1.00 e. The predicted molar refractivity (Wildman–Crippen MR) is 98.2 cm³/mol. The molecule has 0 spiro atoms. The van der Waals surface area contributed by atoms with E-state index < -0.39 is 7.82 Å². The van der Waals surface area contributed by atoms with Crippen molar-refractivity contribution in [2.45, 2.75) is 96.8 Å². The van der Waals surface area contributed by atoms with Gasteiger partial charge in [0, 0.05) is 29.6 Å². The topological polar surface area (TPSA) is 85.2 Å². The maximum Gasteiger partial charge on any atom is 1.00 e. The Kier molecular flexibility index (Phi) is 30.5. The summed E-state index contributed by atoms with van der Waals surface area (Å²) in [5.41, 5.74) is 0. The van der Waals surface area contributed by atoms with Gasteiger partial charge in [-0.2, -0.15) is 0 Å². The van der Waals surface area contributed by atoms with Gasteiger partial charge in [0.2, 0.25) is 0 Å². The quantitative estimate of drug-likeness (QED) is 0.121. The number of phosphoric acid groups is 1. The summed E-state index contributed by atoms with van der Waals surface area (Å²) in [5, 5.41) is 16.5. The fourth-order valence-electron chi connectivity index (χ4n) is 2.54. The van der Waals surface area contributed by atoms with Crippen molar-refractivity contribution in [3.8, 4) is 0 Å². The minimum Gasteiger partial charge on any atom is -1.00 e. The number of rotatable bonds is 18. The Bertz CT molecular complexity index is 296. The number of hydrogen-bond donors (Lipinski definition) is 2. The van der Waals surface area contributed by atoms with Crippen molar-refractivity contribution in [1.29, 1.82) is 0 Å². The Morgan fingerprint density at radius 2 is 1.04 bits per heavy atom. The number of hydrogen-bond acceptors (Lipinski definition) is 6. The van der Waals surface area contributed by atoms with Crippen molar-refractivity contribution in [3.63, 3.8) is 0 Å². The maximum absolute atomic E-state index is 11.1. The second-order valence-electron chi connectivity index (χ2n) is 6.04. The summed E-state index contributed by atoms with van der Waals surface area (Å²) in [6, 6.07) is 0. The van der Waals surface area contributed by atoms with Crippen LogP contribution in [0.15, 0.2) is 0 Å². The van der Waals surface area contributed by atoms with Crippen LogP contribution in [0.3, 0.4) is 0 Å². The predicted octanol–water partition coefficient (Wildman–Crippen LogP) is 3.31. The average molecular weight is 401 g/mol. The monoisotopic (exact) mass is 401 g/mol. The third-order valence-corrected chi connectivity index (χ3v) is 4.85. The summed E-state index contributed by atoms with van der Waals surface area (Å²) in [6.45, 7) is 2.37. The molecule has 0 aromatic rings. The van der Waals surface area contributed by atoms with Crippen LogP contribution in [0.5, 0.6) is 0 Å². The molecule has 0 aromatic carbocycles. The van der Waals surface area contributed by atoms with Gasteiger partial charge in [-0.1, -0.05) is 90.4 Å². The summed E-state index contributed by atoms with van der Waals surface area (Å²) in [4.78, 5) is 0. The summed E-state index contributed by atoms with van der Waals surface area (Å²) in [5.74, 6) is 0. The molecule has 0 heterocycles. The summed E-state index contributed by atoms with van der Waals surface area (Å²) in [6.07, 6.45) is 17.4. The van der Waals surface area contributed by atoms with E-state index in [1.807, 2.05) is 0 Å². The smallest absolute Gasteiger partial charge is 1.00 e. The first-order valence-electron chi connectivity index (χ1n) is 9.09. The molecule has 9 heteroatoms. The van der Waals surface area contributed by atoms with E-state index in [2.05, 4.69) is 20.8 Å². The van der Waals surface area contributed by atoms with Gasteiger partial charge in [-0.3, -0.25) is 4.52 Å². The maximum atomic E-state index is 11.1. The van der Waals surface area contributed by atoms with Crippen LogP contribution in [0, 0.1) is 0 Å². The molecule has 6 nitrogen and oxygen atoms in total. The van der Waals surface area contributed by atoms with Gasteiger partial charge in [0.1, 0.15) is 0 Å². The van der Waals surface area contributed by atoms with E-state index in [1.54, 1.807) is 0 Å². The summed E-state index contributed by atoms with van der Waals surface area (Å²) in [7, 11) is -4.16. The van der Waals surface area contributed by atoms with Crippen molar-refractivity contribution >= 4 is 37.4 Å². The van der Waals surface area contributed by atoms with Gasteiger partial charge in [-0.25, -0.2) is 15.1 Å². The number of unbranched alkanes of at least 4 members (excludes halogenated alkanes) is 13. The van der Waals surface area contributed by atoms with E-state index in [0.29, 0.717) is 6.42 Å². The molecule has 25 heavy (non-hydrogen) atoms. The first kappa shape index (κ1) is 31.7. The second kappa shape index (κ2) is 24.1. The van der Waals surface area contributed by atoms with Gasteiger partial charge < -0.3 is 1.43 Å². The summed E-state index contributed by atoms with van der Waals surface area (Å²) >= 11 is 0. The molecular formula is C16H36Na2O6P. The molecule has 0 unspecified atom stereocenters. The Hall–Kier alpha value is 2.03. The minimum absolute atomic E-state index is 0. The van der Waals surface area contributed by atoms with Crippen LogP contribution >= 0.6 is 7.82 Å². The molecule has 0 aromatic heterocycles. The van der Waals surface area contributed by atoms with Crippen LogP contribution in [0.25, 0.3) is 0 Å². The van der Waals surface area contributed by atoms with Gasteiger partial charge in [0.25, 0.3) is 0 Å². The molecule has 1 radical (unpaired) electrons. The normalized spacial score (nSPS) is 11.0. The Morgan fingerprint density at radius 1 is 0.720 bits per heavy atom. The van der Waals surface area contributed by atoms with E-state index in [4.69, 9.17) is 10.5 Å². The van der Waals surface area contributed by atoms with Gasteiger partial charge in [-0.05, 0) is 6.42 Å². The van der Waals surface area contributed by atoms with Crippen LogP contribution in [-0.4, -0.2) is 46.7 Å². The summed E-state index contributed by atoms with van der Waals surface area (Å²) < 4.78 is 22.7. The second-order valence-corrected chi connectivity index (χ2v) is 7.52.